The molecule has 3 aromatic carbocycles. The van der Waals surface area contributed by atoms with E-state index in [-0.39, 0.29) is 23.5 Å². The van der Waals surface area contributed by atoms with Crippen LogP contribution in [0.15, 0.2) is 71.3 Å². The molecule has 0 aliphatic rings. The first-order valence-corrected chi connectivity index (χ1v) is 16.1. The van der Waals surface area contributed by atoms with Crippen molar-refractivity contribution in [1.29, 1.82) is 0 Å². The summed E-state index contributed by atoms with van der Waals surface area (Å²) in [5.41, 5.74) is 2.26. The summed E-state index contributed by atoms with van der Waals surface area (Å²) in [5.74, 6) is -1.43. The van der Waals surface area contributed by atoms with Crippen molar-refractivity contribution < 1.29 is 43.0 Å². The molecule has 12 heteroatoms. The number of nitrogens with zero attached hydrogens (tertiary/aromatic N) is 1. The Morgan fingerprint density at radius 3 is 2.18 bits per heavy atom. The van der Waals surface area contributed by atoms with Crippen LogP contribution in [0.25, 0.3) is 0 Å². The van der Waals surface area contributed by atoms with E-state index in [4.69, 9.17) is 18.7 Å². The number of aromatic nitrogens is 1. The minimum absolute atomic E-state index is 0.0721. The smallest absolute Gasteiger partial charge is 0.343 e. The number of aliphatic carboxylic acids is 1. The molecule has 1 atom stereocenters. The zero-order chi connectivity index (χ0) is 35.3. The van der Waals surface area contributed by atoms with Gasteiger partial charge in [0.1, 0.15) is 23.1 Å². The van der Waals surface area contributed by atoms with Crippen LogP contribution in [-0.4, -0.2) is 53.8 Å². The predicted octanol–water partition coefficient (Wildman–Crippen LogP) is 6.55. The number of hydrogen-bond acceptors (Lipinski definition) is 9. The van der Waals surface area contributed by atoms with Gasteiger partial charge in [0.15, 0.2) is 11.5 Å². The summed E-state index contributed by atoms with van der Waals surface area (Å²) in [4.78, 5) is 50.5. The Morgan fingerprint density at radius 2 is 1.55 bits per heavy atom. The Kier molecular flexibility index (Phi) is 12.9. The highest BCUT2D eigenvalue weighted by Crippen LogP contribution is 2.30. The lowest BCUT2D eigenvalue weighted by Gasteiger charge is -2.16. The topological polar surface area (TPSA) is 166 Å². The highest BCUT2D eigenvalue weighted by molar-refractivity contribution is 6.06. The zero-order valence-electron chi connectivity index (χ0n) is 28.0. The molecule has 4 rings (SSSR count). The summed E-state index contributed by atoms with van der Waals surface area (Å²) in [6.07, 6.45) is 5.62. The highest BCUT2D eigenvalue weighted by atomic mass is 16.6. The van der Waals surface area contributed by atoms with E-state index >= 15 is 0 Å². The van der Waals surface area contributed by atoms with Crippen molar-refractivity contribution in [2.75, 3.05) is 19.0 Å². The van der Waals surface area contributed by atoms with E-state index in [2.05, 4.69) is 22.7 Å². The van der Waals surface area contributed by atoms with Gasteiger partial charge in [-0.1, -0.05) is 43.8 Å². The number of ether oxygens (including phenoxy) is 3. The van der Waals surface area contributed by atoms with Crippen molar-refractivity contribution in [2.24, 2.45) is 0 Å². The van der Waals surface area contributed by atoms with Gasteiger partial charge in [0.2, 0.25) is 0 Å². The third-order valence-electron chi connectivity index (χ3n) is 7.75. The molecule has 1 heterocycles. The molecule has 3 N–H and O–H groups in total. The molecule has 1 unspecified atom stereocenters. The highest BCUT2D eigenvalue weighted by Gasteiger charge is 2.23. The number of carbonyl (C=O) groups is 4. The van der Waals surface area contributed by atoms with E-state index in [1.165, 1.54) is 56.7 Å². The number of aryl methyl sites for hydroxylation is 2. The molecule has 0 saturated heterocycles. The largest absolute Gasteiger partial charge is 0.494 e. The molecule has 0 bridgehead atoms. The van der Waals surface area contributed by atoms with Crippen LogP contribution in [0.4, 0.5) is 5.69 Å². The van der Waals surface area contributed by atoms with Gasteiger partial charge in [-0.3, -0.25) is 9.59 Å². The molecule has 0 fully saturated rings. The van der Waals surface area contributed by atoms with Gasteiger partial charge in [-0.25, -0.2) is 9.59 Å². The lowest BCUT2D eigenvalue weighted by atomic mass is 10.0. The monoisotopic (exact) mass is 671 g/mol. The molecule has 1 aromatic heterocycles. The molecular weight excluding hydrogens is 630 g/mol. The van der Waals surface area contributed by atoms with Crippen molar-refractivity contribution >= 4 is 29.4 Å². The minimum atomic E-state index is -1.28. The number of esters is 1. The van der Waals surface area contributed by atoms with Crippen LogP contribution in [0.3, 0.4) is 0 Å². The number of unbranched alkanes of at least 4 members (excludes halogenated alkanes) is 4. The average Bonchev–Trinajstić information content (AvgIpc) is 3.44. The first-order valence-electron chi connectivity index (χ1n) is 16.1. The van der Waals surface area contributed by atoms with Crippen molar-refractivity contribution in [3.05, 3.63) is 100 Å². The number of amides is 2. The molecule has 12 nitrogen and oxygen atoms in total. The maximum atomic E-state index is 12.9. The summed E-state index contributed by atoms with van der Waals surface area (Å²) in [6.45, 7) is 6.08. The quantitative estimate of drug-likeness (QED) is 0.0637. The Balaban J connectivity index is 1.33. The minimum Gasteiger partial charge on any atom is -0.494 e. The van der Waals surface area contributed by atoms with Crippen LogP contribution in [0, 0.1) is 13.8 Å². The zero-order valence-corrected chi connectivity index (χ0v) is 28.0. The van der Waals surface area contributed by atoms with Gasteiger partial charge < -0.3 is 34.5 Å². The van der Waals surface area contributed by atoms with E-state index in [0.717, 1.165) is 12.8 Å². The standard InChI is InChI=1S/C37H41N3O9/c1-5-6-7-8-9-20-47-29-17-13-27(14-18-29)37(45)48-31-19-10-25(22-32(31)46-4)21-30(36(43)44)39-34(41)26-11-15-28(16-12-26)38-35(42)33-23(2)40-49-24(33)3/h10-19,22,30H,5-9,20-21H2,1-4H3,(H,38,42)(H,39,41)(H,43,44). The molecular formula is C37H41N3O9. The predicted molar refractivity (Wildman–Crippen MR) is 182 cm³/mol. The number of methoxy groups -OCH3 is 1. The van der Waals surface area contributed by atoms with E-state index in [1.54, 1.807) is 50.2 Å². The molecule has 0 radical (unpaired) electrons. The Labute approximate surface area is 284 Å². The molecule has 4 aromatic rings. The normalized spacial score (nSPS) is 11.3. The summed E-state index contributed by atoms with van der Waals surface area (Å²) < 4.78 is 21.8. The second-order valence-corrected chi connectivity index (χ2v) is 11.5. The fourth-order valence-electron chi connectivity index (χ4n) is 5.05. The maximum absolute atomic E-state index is 12.9. The Hall–Kier alpha value is -5.65. The van der Waals surface area contributed by atoms with Crippen LogP contribution in [0.5, 0.6) is 17.2 Å². The molecule has 0 spiro atoms. The van der Waals surface area contributed by atoms with Gasteiger partial charge in [0.05, 0.1) is 25.0 Å². The maximum Gasteiger partial charge on any atom is 0.343 e. The number of anilines is 1. The molecule has 0 aliphatic heterocycles. The summed E-state index contributed by atoms with van der Waals surface area (Å²) in [6, 6.07) is 16.1. The summed E-state index contributed by atoms with van der Waals surface area (Å²) >= 11 is 0. The van der Waals surface area contributed by atoms with Gasteiger partial charge in [0.25, 0.3) is 11.8 Å². The van der Waals surface area contributed by atoms with E-state index in [9.17, 15) is 24.3 Å². The van der Waals surface area contributed by atoms with Crippen LogP contribution in [-0.2, 0) is 11.2 Å². The lowest BCUT2D eigenvalue weighted by Crippen LogP contribution is -2.42. The average molecular weight is 672 g/mol. The van der Waals surface area contributed by atoms with Gasteiger partial charge >= 0.3 is 11.9 Å². The molecule has 2 amide bonds. The third kappa shape index (κ3) is 10.2. The number of nitrogens with one attached hydrogen (secondary N) is 2. The van der Waals surface area contributed by atoms with Crippen LogP contribution in [0.2, 0.25) is 0 Å². The van der Waals surface area contributed by atoms with Gasteiger partial charge in [0, 0.05) is 17.7 Å². The van der Waals surface area contributed by atoms with E-state index in [1.807, 2.05) is 0 Å². The fraction of sp³-hybridized carbons (Fsp3) is 0.324. The molecule has 0 aliphatic carbocycles. The number of carbonyl (C=O) groups excluding carboxylic acids is 3. The van der Waals surface area contributed by atoms with Gasteiger partial charge in [-0.05, 0) is 86.5 Å². The first kappa shape index (κ1) is 36.2. The second kappa shape index (κ2) is 17.5. The van der Waals surface area contributed by atoms with Crippen LogP contribution >= 0.6 is 0 Å². The number of benzene rings is 3. The van der Waals surface area contributed by atoms with Crippen molar-refractivity contribution in [1.82, 2.24) is 10.5 Å². The van der Waals surface area contributed by atoms with Crippen LogP contribution < -0.4 is 24.8 Å². The SMILES string of the molecule is CCCCCCCOc1ccc(C(=O)Oc2ccc(CC(NC(=O)c3ccc(NC(=O)c4c(C)noc4C)cc3)C(=O)O)cc2OC)cc1. The first-order chi connectivity index (χ1) is 23.6. The van der Waals surface area contributed by atoms with Crippen LogP contribution in [0.1, 0.15) is 87.1 Å². The van der Waals surface area contributed by atoms with E-state index in [0.29, 0.717) is 46.2 Å². The number of carboxylic acid groups (broad SMARTS) is 1. The Morgan fingerprint density at radius 1 is 0.857 bits per heavy atom. The Bertz CT molecular complexity index is 1730. The van der Waals surface area contributed by atoms with Gasteiger partial charge in [-0.15, -0.1) is 0 Å². The molecule has 49 heavy (non-hydrogen) atoms. The van der Waals surface area contributed by atoms with Crippen molar-refractivity contribution in [3.8, 4) is 17.2 Å². The number of carboxylic acids is 1. The summed E-state index contributed by atoms with van der Waals surface area (Å²) in [5, 5.41) is 18.9. The molecule has 258 valence electrons. The number of rotatable bonds is 17. The van der Waals surface area contributed by atoms with Gasteiger partial charge in [-0.2, -0.15) is 0 Å². The molecule has 0 saturated carbocycles. The van der Waals surface area contributed by atoms with E-state index < -0.39 is 29.8 Å². The van der Waals surface area contributed by atoms with Crippen molar-refractivity contribution in [2.45, 2.75) is 65.3 Å². The fourth-order valence-corrected chi connectivity index (χ4v) is 5.05. The lowest BCUT2D eigenvalue weighted by molar-refractivity contribution is -0.139. The third-order valence-corrected chi connectivity index (χ3v) is 7.75. The number of hydrogen-bond donors (Lipinski definition) is 3. The summed E-state index contributed by atoms with van der Waals surface area (Å²) in [7, 11) is 1.40. The second-order valence-electron chi connectivity index (χ2n) is 11.5. The van der Waals surface area contributed by atoms with Crippen molar-refractivity contribution in [3.63, 3.8) is 0 Å².